The topological polar surface area (TPSA) is 47.6 Å². The van der Waals surface area contributed by atoms with Crippen LogP contribution in [0, 0.1) is 5.82 Å². The zero-order valence-corrected chi connectivity index (χ0v) is 12.8. The molecule has 1 aromatic carbocycles. The second kappa shape index (κ2) is 10.2. The molecule has 0 aliphatic heterocycles. The summed E-state index contributed by atoms with van der Waals surface area (Å²) in [6.45, 7) is 3.29. The van der Waals surface area contributed by atoms with Crippen LogP contribution in [0.4, 0.5) is 4.39 Å². The third-order valence-electron chi connectivity index (χ3n) is 2.97. The second-order valence-corrected chi connectivity index (χ2v) is 4.76. The Kier molecular flexibility index (Phi) is 8.43. The summed E-state index contributed by atoms with van der Waals surface area (Å²) >= 11 is 0. The van der Waals surface area contributed by atoms with Gasteiger partial charge in [-0.3, -0.25) is 4.79 Å². The van der Waals surface area contributed by atoms with E-state index < -0.39 is 0 Å². The minimum Gasteiger partial charge on any atom is -0.491 e. The summed E-state index contributed by atoms with van der Waals surface area (Å²) in [5.41, 5.74) is 0.886. The lowest BCUT2D eigenvalue weighted by molar-refractivity contribution is -0.143. The summed E-state index contributed by atoms with van der Waals surface area (Å²) in [6, 6.07) is 4.98. The smallest absolute Gasteiger partial charge is 0.305 e. The normalized spacial score (nSPS) is 10.4. The first-order valence-electron chi connectivity index (χ1n) is 7.38. The lowest BCUT2D eigenvalue weighted by Crippen LogP contribution is -2.06. The maximum Gasteiger partial charge on any atom is 0.305 e. The lowest BCUT2D eigenvalue weighted by Gasteiger charge is -2.08. The Morgan fingerprint density at radius 1 is 1.29 bits per heavy atom. The molecule has 4 nitrogen and oxygen atoms in total. The number of carbonyl (C=O) groups is 1. The van der Waals surface area contributed by atoms with Crippen LogP contribution < -0.4 is 10.1 Å². The molecule has 0 aliphatic carbocycles. The van der Waals surface area contributed by atoms with Crippen LogP contribution >= 0.6 is 0 Å². The standard InChI is InChI=1S/C16H24FNO3/c1-3-20-16(19)7-5-4-6-10-21-15-9-8-13(12-18-2)11-14(15)17/h8-9,11,18H,3-7,10,12H2,1-2H3. The van der Waals surface area contributed by atoms with Crippen LogP contribution in [-0.2, 0) is 16.1 Å². The average Bonchev–Trinajstić information content (AvgIpc) is 2.45. The SMILES string of the molecule is CCOC(=O)CCCCCOc1ccc(CNC)cc1F. The monoisotopic (exact) mass is 297 g/mol. The van der Waals surface area contributed by atoms with Crippen molar-refractivity contribution in [3.8, 4) is 5.75 Å². The Balaban J connectivity index is 2.19. The quantitative estimate of drug-likeness (QED) is 0.532. The largest absolute Gasteiger partial charge is 0.491 e. The van der Waals surface area contributed by atoms with Crippen molar-refractivity contribution in [1.82, 2.24) is 5.32 Å². The molecule has 21 heavy (non-hydrogen) atoms. The number of halogens is 1. The highest BCUT2D eigenvalue weighted by atomic mass is 19.1. The van der Waals surface area contributed by atoms with Crippen molar-refractivity contribution in [2.24, 2.45) is 0 Å². The molecule has 0 saturated carbocycles. The van der Waals surface area contributed by atoms with Crippen molar-refractivity contribution in [1.29, 1.82) is 0 Å². The summed E-state index contributed by atoms with van der Waals surface area (Å²) in [5.74, 6) is -0.223. The molecular formula is C16H24FNO3. The van der Waals surface area contributed by atoms with Gasteiger partial charge in [0.05, 0.1) is 13.2 Å². The van der Waals surface area contributed by atoms with E-state index in [1.165, 1.54) is 6.07 Å². The molecule has 0 saturated heterocycles. The molecule has 0 fully saturated rings. The van der Waals surface area contributed by atoms with E-state index in [2.05, 4.69) is 5.32 Å². The number of unbranched alkanes of at least 4 members (excludes halogenated alkanes) is 2. The van der Waals surface area contributed by atoms with Gasteiger partial charge in [-0.1, -0.05) is 6.07 Å². The zero-order valence-electron chi connectivity index (χ0n) is 12.8. The van der Waals surface area contributed by atoms with Gasteiger partial charge in [0.15, 0.2) is 11.6 Å². The van der Waals surface area contributed by atoms with E-state index in [0.29, 0.717) is 26.2 Å². The summed E-state index contributed by atoms with van der Waals surface area (Å²) < 4.78 is 24.0. The van der Waals surface area contributed by atoms with Gasteiger partial charge in [-0.2, -0.15) is 0 Å². The van der Waals surface area contributed by atoms with Crippen LogP contribution in [0.2, 0.25) is 0 Å². The zero-order chi connectivity index (χ0) is 15.5. The summed E-state index contributed by atoms with van der Waals surface area (Å²) in [7, 11) is 1.82. The van der Waals surface area contributed by atoms with Crippen LogP contribution in [-0.4, -0.2) is 26.2 Å². The van der Waals surface area contributed by atoms with Gasteiger partial charge in [-0.25, -0.2) is 4.39 Å². The van der Waals surface area contributed by atoms with E-state index in [0.717, 1.165) is 24.8 Å². The van der Waals surface area contributed by atoms with Gasteiger partial charge in [0.25, 0.3) is 0 Å². The van der Waals surface area contributed by atoms with Crippen LogP contribution in [0.15, 0.2) is 18.2 Å². The summed E-state index contributed by atoms with van der Waals surface area (Å²) in [6.07, 6.45) is 2.85. The van der Waals surface area contributed by atoms with Crippen LogP contribution in [0.1, 0.15) is 38.2 Å². The molecule has 0 spiro atoms. The molecule has 1 N–H and O–H groups in total. The molecule has 0 unspecified atom stereocenters. The minimum absolute atomic E-state index is 0.162. The van der Waals surface area contributed by atoms with Gasteiger partial charge in [-0.05, 0) is 50.9 Å². The Bertz CT molecular complexity index is 438. The van der Waals surface area contributed by atoms with E-state index in [4.69, 9.17) is 9.47 Å². The maximum absolute atomic E-state index is 13.7. The predicted octanol–water partition coefficient (Wildman–Crippen LogP) is 3.05. The molecule has 0 radical (unpaired) electrons. The Morgan fingerprint density at radius 3 is 2.76 bits per heavy atom. The molecule has 0 bridgehead atoms. The fourth-order valence-corrected chi connectivity index (χ4v) is 1.94. The van der Waals surface area contributed by atoms with E-state index in [-0.39, 0.29) is 17.5 Å². The predicted molar refractivity (Wildman–Crippen MR) is 79.8 cm³/mol. The molecule has 0 amide bonds. The highest BCUT2D eigenvalue weighted by Crippen LogP contribution is 2.18. The third-order valence-corrected chi connectivity index (χ3v) is 2.97. The fraction of sp³-hybridized carbons (Fsp3) is 0.562. The first-order valence-corrected chi connectivity index (χ1v) is 7.38. The maximum atomic E-state index is 13.7. The number of carbonyl (C=O) groups excluding carboxylic acids is 1. The van der Waals surface area contributed by atoms with Crippen molar-refractivity contribution >= 4 is 5.97 Å². The minimum atomic E-state index is -0.339. The molecule has 0 heterocycles. The molecule has 1 rings (SSSR count). The van der Waals surface area contributed by atoms with Crippen LogP contribution in [0.5, 0.6) is 5.75 Å². The Labute approximate surface area is 125 Å². The second-order valence-electron chi connectivity index (χ2n) is 4.76. The number of nitrogens with one attached hydrogen (secondary N) is 1. The van der Waals surface area contributed by atoms with Crippen molar-refractivity contribution < 1.29 is 18.7 Å². The van der Waals surface area contributed by atoms with Crippen molar-refractivity contribution in [3.05, 3.63) is 29.6 Å². The van der Waals surface area contributed by atoms with E-state index in [1.807, 2.05) is 13.1 Å². The highest BCUT2D eigenvalue weighted by Gasteiger charge is 2.05. The highest BCUT2D eigenvalue weighted by molar-refractivity contribution is 5.69. The van der Waals surface area contributed by atoms with Gasteiger partial charge in [0.2, 0.25) is 0 Å². The van der Waals surface area contributed by atoms with Gasteiger partial charge >= 0.3 is 5.97 Å². The molecule has 0 aromatic heterocycles. The molecule has 5 heteroatoms. The fourth-order valence-electron chi connectivity index (χ4n) is 1.94. The van der Waals surface area contributed by atoms with Crippen molar-refractivity contribution in [3.63, 3.8) is 0 Å². The number of hydrogen-bond acceptors (Lipinski definition) is 4. The van der Waals surface area contributed by atoms with Gasteiger partial charge in [0.1, 0.15) is 0 Å². The van der Waals surface area contributed by atoms with Crippen molar-refractivity contribution in [2.45, 2.75) is 39.2 Å². The Hall–Kier alpha value is -1.62. The first-order chi connectivity index (χ1) is 10.2. The molecule has 0 atom stereocenters. The lowest BCUT2D eigenvalue weighted by atomic mass is 10.2. The third kappa shape index (κ3) is 7.09. The number of ether oxygens (including phenoxy) is 2. The number of rotatable bonds is 10. The summed E-state index contributed by atoms with van der Waals surface area (Å²) in [4.78, 5) is 11.1. The number of esters is 1. The number of hydrogen-bond donors (Lipinski definition) is 1. The molecule has 118 valence electrons. The van der Waals surface area contributed by atoms with Crippen LogP contribution in [0.25, 0.3) is 0 Å². The van der Waals surface area contributed by atoms with E-state index >= 15 is 0 Å². The first kappa shape index (κ1) is 17.4. The van der Waals surface area contributed by atoms with Crippen molar-refractivity contribution in [2.75, 3.05) is 20.3 Å². The molecule has 0 aliphatic rings. The number of benzene rings is 1. The van der Waals surface area contributed by atoms with Gasteiger partial charge < -0.3 is 14.8 Å². The molecular weight excluding hydrogens is 273 g/mol. The van der Waals surface area contributed by atoms with Crippen LogP contribution in [0.3, 0.4) is 0 Å². The van der Waals surface area contributed by atoms with Gasteiger partial charge in [0, 0.05) is 13.0 Å². The van der Waals surface area contributed by atoms with Gasteiger partial charge in [-0.15, -0.1) is 0 Å². The summed E-state index contributed by atoms with van der Waals surface area (Å²) in [5, 5.41) is 2.97. The Morgan fingerprint density at radius 2 is 2.10 bits per heavy atom. The van der Waals surface area contributed by atoms with E-state index in [9.17, 15) is 9.18 Å². The molecule has 1 aromatic rings. The van der Waals surface area contributed by atoms with E-state index in [1.54, 1.807) is 13.0 Å². The average molecular weight is 297 g/mol.